The van der Waals surface area contributed by atoms with Crippen molar-refractivity contribution < 1.29 is 0 Å². The predicted molar refractivity (Wildman–Crippen MR) is 320 cm³/mol. The van der Waals surface area contributed by atoms with Crippen LogP contribution < -0.4 is 9.80 Å². The highest BCUT2D eigenvalue weighted by atomic mass is 32.1. The second kappa shape index (κ2) is 16.7. The molecule has 12 aromatic carbocycles. The standard InChI is InChI=1S/C73H46N2S/c1-3-21-47(22-4-1)51-25-13-18-36-66(51)74(50-40-43-68-61(46-50)55-29-10-8-27-53(55)57-31-14-19-37-67(57)75(68)48-23-5-2-6-24-48)49-39-41-64-60(45-49)54-28-9-7-26-52(54)56-30-11-16-34-62(56)73(64)63-35-17-12-32-58(63)71-65(73)42-44-70-72(71)59-33-15-20-38-69(59)76-70/h1-46H. The lowest BCUT2D eigenvalue weighted by molar-refractivity contribution is 0.776. The van der Waals surface area contributed by atoms with E-state index in [9.17, 15) is 0 Å². The average molecular weight is 983 g/mol. The van der Waals surface area contributed by atoms with E-state index < -0.39 is 5.41 Å². The van der Waals surface area contributed by atoms with Gasteiger partial charge in [0, 0.05) is 53.9 Å². The van der Waals surface area contributed by atoms with Crippen molar-refractivity contribution in [3.05, 3.63) is 301 Å². The van der Waals surface area contributed by atoms with Crippen molar-refractivity contribution in [1.82, 2.24) is 0 Å². The normalized spacial score (nSPS) is 14.3. The van der Waals surface area contributed by atoms with Gasteiger partial charge in [0.2, 0.25) is 0 Å². The van der Waals surface area contributed by atoms with E-state index in [2.05, 4.69) is 289 Å². The van der Waals surface area contributed by atoms with Crippen LogP contribution in [0, 0.1) is 0 Å². The summed E-state index contributed by atoms with van der Waals surface area (Å²) < 4.78 is 2.64. The number of fused-ring (bicyclic) bond motifs is 21. The maximum atomic E-state index is 2.52. The zero-order valence-electron chi connectivity index (χ0n) is 41.4. The molecule has 2 nitrogen and oxygen atoms in total. The quantitative estimate of drug-likeness (QED) is 0.170. The Morgan fingerprint density at radius 3 is 1.58 bits per heavy atom. The first-order valence-electron chi connectivity index (χ1n) is 26.2. The number of thiophene rings is 1. The molecule has 0 bridgehead atoms. The van der Waals surface area contributed by atoms with Crippen molar-refractivity contribution in [2.45, 2.75) is 5.41 Å². The van der Waals surface area contributed by atoms with Gasteiger partial charge in [0.25, 0.3) is 0 Å². The summed E-state index contributed by atoms with van der Waals surface area (Å²) in [5.74, 6) is 0. The second-order valence-corrected chi connectivity index (χ2v) is 21.3. The third-order valence-electron chi connectivity index (χ3n) is 16.4. The zero-order chi connectivity index (χ0) is 49.9. The van der Waals surface area contributed by atoms with Crippen LogP contribution in [0.4, 0.5) is 34.1 Å². The Kier molecular flexibility index (Phi) is 9.45. The maximum Gasteiger partial charge on any atom is 0.0725 e. The highest BCUT2D eigenvalue weighted by Crippen LogP contribution is 2.64. The smallest absolute Gasteiger partial charge is 0.0725 e. The number of benzene rings is 12. The van der Waals surface area contributed by atoms with E-state index in [-0.39, 0.29) is 0 Å². The summed E-state index contributed by atoms with van der Waals surface area (Å²) in [6.07, 6.45) is 0. The Morgan fingerprint density at radius 1 is 0.316 bits per heavy atom. The van der Waals surface area contributed by atoms with Gasteiger partial charge in [-0.2, -0.15) is 0 Å². The molecule has 1 aliphatic heterocycles. The minimum absolute atomic E-state index is 0.636. The number of anilines is 6. The molecule has 13 aromatic rings. The minimum Gasteiger partial charge on any atom is -0.310 e. The molecular formula is C73H46N2S. The first-order valence-corrected chi connectivity index (χ1v) is 27.1. The van der Waals surface area contributed by atoms with Gasteiger partial charge in [-0.3, -0.25) is 0 Å². The molecule has 1 atom stereocenters. The van der Waals surface area contributed by atoms with E-state index in [0.29, 0.717) is 0 Å². The molecule has 0 saturated heterocycles. The number of hydrogen-bond acceptors (Lipinski definition) is 3. The van der Waals surface area contributed by atoms with Crippen LogP contribution >= 0.6 is 11.3 Å². The molecule has 1 spiro atoms. The van der Waals surface area contributed by atoms with Gasteiger partial charge in [-0.05, 0) is 139 Å². The Balaban J connectivity index is 0.999. The summed E-state index contributed by atoms with van der Waals surface area (Å²) in [4.78, 5) is 4.96. The Bertz CT molecular complexity index is 4490. The molecule has 3 heteroatoms. The SMILES string of the molecule is c1ccc(-c2ccccc2N(c2ccc3c(c2)-c2ccccc2-c2ccccc2N3c2ccccc2)c2ccc3c(c2)-c2ccccc2-c2ccccc2C32c3ccccc3-c3c2ccc2sc4ccccc4c32)cc1. The Morgan fingerprint density at radius 2 is 0.816 bits per heavy atom. The van der Waals surface area contributed by atoms with Crippen LogP contribution in [0.3, 0.4) is 0 Å². The fourth-order valence-corrected chi connectivity index (χ4v) is 14.5. The molecular weight excluding hydrogens is 937 g/mol. The molecule has 1 aromatic heterocycles. The summed E-state index contributed by atoms with van der Waals surface area (Å²) in [7, 11) is 0. The molecule has 76 heavy (non-hydrogen) atoms. The van der Waals surface area contributed by atoms with Crippen LogP contribution in [-0.4, -0.2) is 0 Å². The first kappa shape index (κ1) is 42.9. The van der Waals surface area contributed by atoms with Crippen molar-refractivity contribution in [2.24, 2.45) is 0 Å². The van der Waals surface area contributed by atoms with Gasteiger partial charge in [0.05, 0.1) is 22.5 Å². The Labute approximate surface area is 446 Å². The lowest BCUT2D eigenvalue weighted by atomic mass is 9.66. The van der Waals surface area contributed by atoms with E-state index in [1.54, 1.807) is 0 Å². The lowest BCUT2D eigenvalue weighted by Gasteiger charge is -2.36. The van der Waals surface area contributed by atoms with E-state index in [0.717, 1.165) is 50.8 Å². The third kappa shape index (κ3) is 6.09. The lowest BCUT2D eigenvalue weighted by Crippen LogP contribution is -2.29. The van der Waals surface area contributed by atoms with Crippen molar-refractivity contribution in [2.75, 3.05) is 9.80 Å². The molecule has 0 N–H and O–H groups in total. The van der Waals surface area contributed by atoms with Crippen LogP contribution in [0.15, 0.2) is 279 Å². The molecule has 354 valence electrons. The molecule has 16 rings (SSSR count). The van der Waals surface area contributed by atoms with Gasteiger partial charge in [-0.25, -0.2) is 0 Å². The molecule has 3 aliphatic rings. The van der Waals surface area contributed by atoms with Gasteiger partial charge < -0.3 is 9.80 Å². The minimum atomic E-state index is -0.636. The molecule has 2 aliphatic carbocycles. The van der Waals surface area contributed by atoms with Gasteiger partial charge in [-0.15, -0.1) is 11.3 Å². The summed E-state index contributed by atoms with van der Waals surface area (Å²) in [6.45, 7) is 0. The van der Waals surface area contributed by atoms with Crippen LogP contribution in [0.2, 0.25) is 0 Å². The van der Waals surface area contributed by atoms with Gasteiger partial charge >= 0.3 is 0 Å². The van der Waals surface area contributed by atoms with Crippen molar-refractivity contribution in [3.8, 4) is 66.8 Å². The summed E-state index contributed by atoms with van der Waals surface area (Å²) in [6, 6.07) is 104. The molecule has 0 fully saturated rings. The molecule has 2 heterocycles. The predicted octanol–water partition coefficient (Wildman–Crippen LogP) is 20.3. The Hall–Kier alpha value is -9.54. The number of hydrogen-bond donors (Lipinski definition) is 0. The molecule has 0 radical (unpaired) electrons. The van der Waals surface area contributed by atoms with Crippen LogP contribution in [0.25, 0.3) is 86.9 Å². The van der Waals surface area contributed by atoms with Crippen molar-refractivity contribution in [3.63, 3.8) is 0 Å². The second-order valence-electron chi connectivity index (χ2n) is 20.2. The van der Waals surface area contributed by atoms with Crippen LogP contribution in [0.1, 0.15) is 22.3 Å². The van der Waals surface area contributed by atoms with E-state index >= 15 is 0 Å². The molecule has 0 amide bonds. The van der Waals surface area contributed by atoms with E-state index in [1.165, 1.54) is 92.5 Å². The first-order chi connectivity index (χ1) is 37.7. The summed E-state index contributed by atoms with van der Waals surface area (Å²) >= 11 is 1.90. The summed E-state index contributed by atoms with van der Waals surface area (Å²) in [5, 5.41) is 2.67. The van der Waals surface area contributed by atoms with Crippen LogP contribution in [0.5, 0.6) is 0 Å². The fraction of sp³-hybridized carbons (Fsp3) is 0.0137. The fourth-order valence-electron chi connectivity index (χ4n) is 13.4. The maximum absolute atomic E-state index is 2.52. The highest BCUT2D eigenvalue weighted by Gasteiger charge is 2.50. The zero-order valence-corrected chi connectivity index (χ0v) is 42.2. The van der Waals surface area contributed by atoms with Gasteiger partial charge in [0.15, 0.2) is 0 Å². The van der Waals surface area contributed by atoms with Gasteiger partial charge in [-0.1, -0.05) is 212 Å². The highest BCUT2D eigenvalue weighted by molar-refractivity contribution is 7.26. The van der Waals surface area contributed by atoms with E-state index in [1.807, 2.05) is 11.3 Å². The van der Waals surface area contributed by atoms with Crippen molar-refractivity contribution >= 4 is 65.6 Å². The number of para-hydroxylation sites is 3. The van der Waals surface area contributed by atoms with Crippen molar-refractivity contribution in [1.29, 1.82) is 0 Å². The number of nitrogens with zero attached hydrogens (tertiary/aromatic N) is 2. The third-order valence-corrected chi connectivity index (χ3v) is 17.6. The summed E-state index contributed by atoms with van der Waals surface area (Å²) in [5.41, 5.74) is 25.9. The van der Waals surface area contributed by atoms with Crippen LogP contribution in [-0.2, 0) is 5.41 Å². The topological polar surface area (TPSA) is 6.48 Å². The average Bonchev–Trinajstić information content (AvgIpc) is 3.92. The van der Waals surface area contributed by atoms with E-state index in [4.69, 9.17) is 0 Å². The monoisotopic (exact) mass is 982 g/mol. The molecule has 1 unspecified atom stereocenters. The molecule has 0 saturated carbocycles. The largest absolute Gasteiger partial charge is 0.310 e. The van der Waals surface area contributed by atoms with Gasteiger partial charge in [0.1, 0.15) is 0 Å². The number of rotatable bonds is 5.